The van der Waals surface area contributed by atoms with Crippen LogP contribution in [0.3, 0.4) is 0 Å². The molecule has 1 atom stereocenters. The Balaban J connectivity index is 2.78. The van der Waals surface area contributed by atoms with E-state index in [9.17, 15) is 0 Å². The molecule has 0 spiro atoms. The smallest absolute Gasteiger partial charge is 0.0843 e. The Bertz CT molecular complexity index is 263. The van der Waals surface area contributed by atoms with Crippen LogP contribution in [0, 0.1) is 0 Å². The summed E-state index contributed by atoms with van der Waals surface area (Å²) in [5.74, 6) is 0. The van der Waals surface area contributed by atoms with Gasteiger partial charge in [0.2, 0.25) is 0 Å². The number of ether oxygens (including phenoxy) is 1. The molecule has 0 fully saturated rings. The van der Waals surface area contributed by atoms with Crippen molar-refractivity contribution >= 4 is 11.6 Å². The van der Waals surface area contributed by atoms with Crippen LogP contribution in [-0.4, -0.2) is 18.8 Å². The maximum Gasteiger partial charge on any atom is 0.0843 e. The van der Waals surface area contributed by atoms with Crippen LogP contribution in [0.2, 0.25) is 5.02 Å². The fraction of sp³-hybridized carbons (Fsp3) is 0.400. The molecule has 72 valence electrons. The third kappa shape index (κ3) is 2.99. The highest BCUT2D eigenvalue weighted by molar-refractivity contribution is 6.30. The highest BCUT2D eigenvalue weighted by Gasteiger charge is 2.09. The van der Waals surface area contributed by atoms with Crippen LogP contribution in [0.4, 0.5) is 0 Å². The van der Waals surface area contributed by atoms with E-state index in [2.05, 4.69) is 0 Å². The molecular formula is C10H13ClO2. The Morgan fingerprint density at radius 2 is 2.31 bits per heavy atom. The first-order chi connectivity index (χ1) is 6.27. The average Bonchev–Trinajstić information content (AvgIpc) is 2.14. The quantitative estimate of drug-likeness (QED) is 0.809. The Morgan fingerprint density at radius 1 is 1.54 bits per heavy atom. The molecule has 0 saturated heterocycles. The number of methoxy groups -OCH3 is 1. The largest absolute Gasteiger partial charge is 0.396 e. The van der Waals surface area contributed by atoms with Crippen LogP contribution in [0.5, 0.6) is 0 Å². The summed E-state index contributed by atoms with van der Waals surface area (Å²) < 4.78 is 5.21. The van der Waals surface area contributed by atoms with Crippen LogP contribution in [0.25, 0.3) is 0 Å². The van der Waals surface area contributed by atoms with Gasteiger partial charge in [0.25, 0.3) is 0 Å². The summed E-state index contributed by atoms with van der Waals surface area (Å²) in [7, 11) is 1.63. The molecular weight excluding hydrogens is 188 g/mol. The molecule has 0 radical (unpaired) electrons. The van der Waals surface area contributed by atoms with Gasteiger partial charge >= 0.3 is 0 Å². The van der Waals surface area contributed by atoms with Crippen molar-refractivity contribution in [1.29, 1.82) is 0 Å². The van der Waals surface area contributed by atoms with Gasteiger partial charge < -0.3 is 9.84 Å². The van der Waals surface area contributed by atoms with Gasteiger partial charge in [-0.25, -0.2) is 0 Å². The number of hydrogen-bond donors (Lipinski definition) is 1. The summed E-state index contributed by atoms with van der Waals surface area (Å²) in [5, 5.41) is 9.48. The maximum atomic E-state index is 8.79. The van der Waals surface area contributed by atoms with E-state index in [-0.39, 0.29) is 12.7 Å². The van der Waals surface area contributed by atoms with Gasteiger partial charge in [-0.2, -0.15) is 0 Å². The Morgan fingerprint density at radius 3 is 2.85 bits per heavy atom. The minimum absolute atomic E-state index is 0.0660. The van der Waals surface area contributed by atoms with Crippen molar-refractivity contribution in [2.24, 2.45) is 0 Å². The SMILES string of the molecule is COC(CCO)c1cccc(Cl)c1. The number of rotatable bonds is 4. The van der Waals surface area contributed by atoms with Gasteiger partial charge in [-0.15, -0.1) is 0 Å². The van der Waals surface area contributed by atoms with E-state index in [4.69, 9.17) is 21.4 Å². The molecule has 0 aromatic heterocycles. The van der Waals surface area contributed by atoms with Gasteiger partial charge in [0, 0.05) is 25.2 Å². The van der Waals surface area contributed by atoms with Crippen LogP contribution in [0.1, 0.15) is 18.1 Å². The number of aliphatic hydroxyl groups is 1. The number of hydrogen-bond acceptors (Lipinski definition) is 2. The van der Waals surface area contributed by atoms with Crippen molar-refractivity contribution in [3.63, 3.8) is 0 Å². The summed E-state index contributed by atoms with van der Waals surface area (Å²) in [5.41, 5.74) is 1.00. The first-order valence-corrected chi connectivity index (χ1v) is 4.55. The van der Waals surface area contributed by atoms with Crippen LogP contribution >= 0.6 is 11.6 Å². The predicted octanol–water partition coefficient (Wildman–Crippen LogP) is 2.41. The summed E-state index contributed by atoms with van der Waals surface area (Å²) in [6.07, 6.45) is 0.528. The monoisotopic (exact) mass is 200 g/mol. The Hall–Kier alpha value is -0.570. The van der Waals surface area contributed by atoms with Crippen molar-refractivity contribution in [2.45, 2.75) is 12.5 Å². The minimum Gasteiger partial charge on any atom is -0.396 e. The molecule has 0 saturated carbocycles. The third-order valence-electron chi connectivity index (χ3n) is 1.90. The Kier molecular flexibility index (Phi) is 4.22. The zero-order chi connectivity index (χ0) is 9.68. The van der Waals surface area contributed by atoms with E-state index in [0.29, 0.717) is 11.4 Å². The fourth-order valence-corrected chi connectivity index (χ4v) is 1.44. The lowest BCUT2D eigenvalue weighted by Crippen LogP contribution is -2.03. The molecule has 2 nitrogen and oxygen atoms in total. The molecule has 0 heterocycles. The second kappa shape index (κ2) is 5.22. The van der Waals surface area contributed by atoms with Crippen LogP contribution in [0.15, 0.2) is 24.3 Å². The minimum atomic E-state index is -0.0660. The highest BCUT2D eigenvalue weighted by Crippen LogP contribution is 2.22. The highest BCUT2D eigenvalue weighted by atomic mass is 35.5. The van der Waals surface area contributed by atoms with E-state index in [1.54, 1.807) is 7.11 Å². The summed E-state index contributed by atoms with van der Waals surface area (Å²) >= 11 is 5.83. The van der Waals surface area contributed by atoms with E-state index in [1.165, 1.54) is 0 Å². The predicted molar refractivity (Wildman–Crippen MR) is 52.9 cm³/mol. The lowest BCUT2D eigenvalue weighted by atomic mass is 10.1. The molecule has 3 heteroatoms. The number of halogens is 1. The van der Waals surface area contributed by atoms with Gasteiger partial charge in [-0.05, 0) is 17.7 Å². The van der Waals surface area contributed by atoms with Crippen molar-refractivity contribution in [2.75, 3.05) is 13.7 Å². The molecule has 1 rings (SSSR count). The maximum absolute atomic E-state index is 8.79. The average molecular weight is 201 g/mol. The summed E-state index contributed by atoms with van der Waals surface area (Å²) in [4.78, 5) is 0. The molecule has 0 aliphatic rings. The number of benzene rings is 1. The van der Waals surface area contributed by atoms with Crippen molar-refractivity contribution in [1.82, 2.24) is 0 Å². The zero-order valence-electron chi connectivity index (χ0n) is 7.53. The standard InChI is InChI=1S/C10H13ClO2/c1-13-10(5-6-12)8-3-2-4-9(11)7-8/h2-4,7,10,12H,5-6H2,1H3. The third-order valence-corrected chi connectivity index (χ3v) is 2.13. The van der Waals surface area contributed by atoms with Gasteiger partial charge in [0.1, 0.15) is 0 Å². The lowest BCUT2D eigenvalue weighted by Gasteiger charge is -2.14. The summed E-state index contributed by atoms with van der Waals surface area (Å²) in [6, 6.07) is 7.48. The van der Waals surface area contributed by atoms with Crippen LogP contribution < -0.4 is 0 Å². The number of aliphatic hydroxyl groups excluding tert-OH is 1. The topological polar surface area (TPSA) is 29.5 Å². The summed E-state index contributed by atoms with van der Waals surface area (Å²) in [6.45, 7) is 0.116. The molecule has 1 unspecified atom stereocenters. The van der Waals surface area contributed by atoms with Gasteiger partial charge in [-0.1, -0.05) is 23.7 Å². The first-order valence-electron chi connectivity index (χ1n) is 4.17. The van der Waals surface area contributed by atoms with Gasteiger partial charge in [0.15, 0.2) is 0 Å². The van der Waals surface area contributed by atoms with E-state index in [1.807, 2.05) is 24.3 Å². The second-order valence-corrected chi connectivity index (χ2v) is 3.23. The first kappa shape index (κ1) is 10.5. The molecule has 1 aromatic carbocycles. The normalized spacial score (nSPS) is 12.8. The van der Waals surface area contributed by atoms with Gasteiger partial charge in [-0.3, -0.25) is 0 Å². The molecule has 0 aliphatic carbocycles. The molecule has 13 heavy (non-hydrogen) atoms. The van der Waals surface area contributed by atoms with Crippen LogP contribution in [-0.2, 0) is 4.74 Å². The van der Waals surface area contributed by atoms with Gasteiger partial charge in [0.05, 0.1) is 6.10 Å². The van der Waals surface area contributed by atoms with Crippen molar-refractivity contribution in [3.05, 3.63) is 34.9 Å². The second-order valence-electron chi connectivity index (χ2n) is 2.79. The van der Waals surface area contributed by atoms with E-state index < -0.39 is 0 Å². The molecule has 0 aliphatic heterocycles. The van der Waals surface area contributed by atoms with E-state index >= 15 is 0 Å². The molecule has 0 amide bonds. The zero-order valence-corrected chi connectivity index (χ0v) is 8.29. The van der Waals surface area contributed by atoms with Crippen molar-refractivity contribution in [3.8, 4) is 0 Å². The lowest BCUT2D eigenvalue weighted by molar-refractivity contribution is 0.0775. The van der Waals surface area contributed by atoms with Crippen molar-refractivity contribution < 1.29 is 9.84 Å². The van der Waals surface area contributed by atoms with E-state index in [0.717, 1.165) is 5.56 Å². The Labute approximate surface area is 83.1 Å². The molecule has 1 aromatic rings. The molecule has 0 bridgehead atoms. The fourth-order valence-electron chi connectivity index (χ4n) is 1.24. The molecule has 1 N–H and O–H groups in total.